The van der Waals surface area contributed by atoms with Gasteiger partial charge < -0.3 is 9.84 Å². The molecule has 2 nitrogen and oxygen atoms in total. The normalized spacial score (nSPS) is 11.5. The molecule has 0 saturated carbocycles. The van der Waals surface area contributed by atoms with Gasteiger partial charge in [-0.15, -0.1) is 0 Å². The minimum Gasteiger partial charge on any atom is -0.508 e. The SMILES string of the molecule is CCCCCCCCCCOc1cc(/C=C/c2ccccc2)cc(O)c1CCC(C)C. The quantitative estimate of drug-likeness (QED) is 0.230. The average molecular weight is 423 g/mol. The van der Waals surface area contributed by atoms with Crippen LogP contribution in [0.5, 0.6) is 11.5 Å². The van der Waals surface area contributed by atoms with Gasteiger partial charge in [-0.05, 0) is 48.4 Å². The second kappa shape index (κ2) is 14.7. The maximum absolute atomic E-state index is 10.7. The molecule has 0 aliphatic heterocycles. The van der Waals surface area contributed by atoms with E-state index in [1.165, 1.54) is 44.9 Å². The van der Waals surface area contributed by atoms with Crippen LogP contribution in [0.15, 0.2) is 42.5 Å². The summed E-state index contributed by atoms with van der Waals surface area (Å²) in [6.45, 7) is 7.41. The van der Waals surface area contributed by atoms with Gasteiger partial charge in [0.1, 0.15) is 11.5 Å². The molecule has 0 radical (unpaired) electrons. The number of phenolic OH excluding ortho intramolecular Hbond substituents is 1. The van der Waals surface area contributed by atoms with Gasteiger partial charge in [-0.3, -0.25) is 0 Å². The van der Waals surface area contributed by atoms with Crippen LogP contribution in [0.1, 0.15) is 95.2 Å². The van der Waals surface area contributed by atoms with Crippen LogP contribution in [-0.4, -0.2) is 11.7 Å². The van der Waals surface area contributed by atoms with Crippen molar-refractivity contribution < 1.29 is 9.84 Å². The van der Waals surface area contributed by atoms with Crippen molar-refractivity contribution in [3.8, 4) is 11.5 Å². The highest BCUT2D eigenvalue weighted by atomic mass is 16.5. The molecule has 0 aliphatic rings. The molecule has 2 heteroatoms. The summed E-state index contributed by atoms with van der Waals surface area (Å²) in [5.41, 5.74) is 3.07. The van der Waals surface area contributed by atoms with Crippen LogP contribution in [0.3, 0.4) is 0 Å². The number of aromatic hydroxyl groups is 1. The number of phenols is 1. The minimum atomic E-state index is 0.349. The molecule has 31 heavy (non-hydrogen) atoms. The molecule has 2 aromatic rings. The number of ether oxygens (including phenoxy) is 1. The zero-order valence-electron chi connectivity index (χ0n) is 19.9. The first kappa shape index (κ1) is 25.0. The van der Waals surface area contributed by atoms with Gasteiger partial charge in [0.15, 0.2) is 0 Å². The third kappa shape index (κ3) is 10.1. The fourth-order valence-corrected chi connectivity index (χ4v) is 3.74. The maximum Gasteiger partial charge on any atom is 0.126 e. The molecule has 2 rings (SSSR count). The van der Waals surface area contributed by atoms with Crippen molar-refractivity contribution in [2.24, 2.45) is 5.92 Å². The van der Waals surface area contributed by atoms with Crippen LogP contribution in [0.2, 0.25) is 0 Å². The first-order valence-electron chi connectivity index (χ1n) is 12.3. The van der Waals surface area contributed by atoms with Crippen molar-refractivity contribution in [2.75, 3.05) is 6.61 Å². The van der Waals surface area contributed by atoms with E-state index in [0.717, 1.165) is 48.3 Å². The number of hydrogen-bond acceptors (Lipinski definition) is 2. The van der Waals surface area contributed by atoms with Gasteiger partial charge in [0.25, 0.3) is 0 Å². The molecule has 0 atom stereocenters. The van der Waals surface area contributed by atoms with E-state index in [1.807, 2.05) is 30.3 Å². The largest absolute Gasteiger partial charge is 0.508 e. The molecule has 0 unspecified atom stereocenters. The molecule has 0 heterocycles. The molecule has 170 valence electrons. The van der Waals surface area contributed by atoms with E-state index in [-0.39, 0.29) is 0 Å². The Morgan fingerprint density at radius 2 is 1.48 bits per heavy atom. The summed E-state index contributed by atoms with van der Waals surface area (Å²) in [7, 11) is 0. The van der Waals surface area contributed by atoms with Gasteiger partial charge >= 0.3 is 0 Å². The van der Waals surface area contributed by atoms with Gasteiger partial charge in [-0.2, -0.15) is 0 Å². The molecule has 0 amide bonds. The topological polar surface area (TPSA) is 29.5 Å². The highest BCUT2D eigenvalue weighted by Gasteiger charge is 2.12. The number of benzene rings is 2. The predicted molar refractivity (Wildman–Crippen MR) is 135 cm³/mol. The van der Waals surface area contributed by atoms with Gasteiger partial charge in [0.05, 0.1) is 6.61 Å². The predicted octanol–water partition coefficient (Wildman–Crippen LogP) is 8.67. The van der Waals surface area contributed by atoms with Crippen molar-refractivity contribution in [2.45, 2.75) is 85.0 Å². The minimum absolute atomic E-state index is 0.349. The Morgan fingerprint density at radius 1 is 0.839 bits per heavy atom. The number of hydrogen-bond donors (Lipinski definition) is 1. The van der Waals surface area contributed by atoms with E-state index in [0.29, 0.717) is 11.7 Å². The van der Waals surface area contributed by atoms with E-state index >= 15 is 0 Å². The second-order valence-corrected chi connectivity index (χ2v) is 9.02. The summed E-state index contributed by atoms with van der Waals surface area (Å²) in [6, 6.07) is 14.2. The van der Waals surface area contributed by atoms with Gasteiger partial charge in [-0.1, -0.05) is 108 Å². The zero-order chi connectivity index (χ0) is 22.3. The first-order chi connectivity index (χ1) is 15.1. The lowest BCUT2D eigenvalue weighted by atomic mass is 9.99. The summed E-state index contributed by atoms with van der Waals surface area (Å²) < 4.78 is 6.19. The molecule has 0 aliphatic carbocycles. The highest BCUT2D eigenvalue weighted by molar-refractivity contribution is 5.71. The average Bonchev–Trinajstić information content (AvgIpc) is 2.76. The van der Waals surface area contributed by atoms with Crippen LogP contribution in [0, 0.1) is 5.92 Å². The third-order valence-electron chi connectivity index (χ3n) is 5.70. The van der Waals surface area contributed by atoms with Crippen molar-refractivity contribution in [3.63, 3.8) is 0 Å². The van der Waals surface area contributed by atoms with Crippen LogP contribution < -0.4 is 4.74 Å². The standard InChI is InChI=1S/C29H42O2/c1-4-5-6-7-8-9-10-14-21-31-29-23-26(19-18-25-15-12-11-13-16-25)22-28(30)27(29)20-17-24(2)3/h11-13,15-16,18-19,22-24,30H,4-10,14,17,20-21H2,1-3H3/b19-18+. The van der Waals surface area contributed by atoms with E-state index in [9.17, 15) is 5.11 Å². The molecule has 0 saturated heterocycles. The highest BCUT2D eigenvalue weighted by Crippen LogP contribution is 2.33. The summed E-state index contributed by atoms with van der Waals surface area (Å²) in [4.78, 5) is 0. The Morgan fingerprint density at radius 3 is 2.16 bits per heavy atom. The lowest BCUT2D eigenvalue weighted by Gasteiger charge is -2.15. The van der Waals surface area contributed by atoms with Crippen molar-refractivity contribution >= 4 is 12.2 Å². The number of unbranched alkanes of at least 4 members (excludes halogenated alkanes) is 7. The molecule has 0 fully saturated rings. The lowest BCUT2D eigenvalue weighted by molar-refractivity contribution is 0.298. The lowest BCUT2D eigenvalue weighted by Crippen LogP contribution is -2.02. The molecule has 0 bridgehead atoms. The van der Waals surface area contributed by atoms with Gasteiger partial charge in [-0.25, -0.2) is 0 Å². The molecular weight excluding hydrogens is 380 g/mol. The molecule has 1 N–H and O–H groups in total. The summed E-state index contributed by atoms with van der Waals surface area (Å²) in [6.07, 6.45) is 16.3. The zero-order valence-corrected chi connectivity index (χ0v) is 19.9. The summed E-state index contributed by atoms with van der Waals surface area (Å²) in [5.74, 6) is 1.79. The van der Waals surface area contributed by atoms with Crippen LogP contribution in [-0.2, 0) is 6.42 Å². The number of rotatable bonds is 15. The Kier molecular flexibility index (Phi) is 11.9. The fourth-order valence-electron chi connectivity index (χ4n) is 3.74. The van der Waals surface area contributed by atoms with E-state index in [4.69, 9.17) is 4.74 Å². The van der Waals surface area contributed by atoms with E-state index < -0.39 is 0 Å². The van der Waals surface area contributed by atoms with Gasteiger partial charge in [0.2, 0.25) is 0 Å². The first-order valence-corrected chi connectivity index (χ1v) is 12.3. The van der Waals surface area contributed by atoms with Gasteiger partial charge in [0, 0.05) is 5.56 Å². The summed E-state index contributed by atoms with van der Waals surface area (Å²) in [5, 5.41) is 10.7. The smallest absolute Gasteiger partial charge is 0.126 e. The third-order valence-corrected chi connectivity index (χ3v) is 5.70. The van der Waals surface area contributed by atoms with Crippen molar-refractivity contribution in [3.05, 3.63) is 59.2 Å². The molecule has 2 aromatic carbocycles. The van der Waals surface area contributed by atoms with Crippen LogP contribution in [0.4, 0.5) is 0 Å². The Labute approximate surface area is 190 Å². The maximum atomic E-state index is 10.7. The Hall–Kier alpha value is -2.22. The molecule has 0 spiro atoms. The summed E-state index contributed by atoms with van der Waals surface area (Å²) >= 11 is 0. The molecule has 0 aromatic heterocycles. The van der Waals surface area contributed by atoms with E-state index in [1.54, 1.807) is 0 Å². The van der Waals surface area contributed by atoms with Crippen LogP contribution >= 0.6 is 0 Å². The van der Waals surface area contributed by atoms with E-state index in [2.05, 4.69) is 45.0 Å². The monoisotopic (exact) mass is 422 g/mol. The van der Waals surface area contributed by atoms with Crippen molar-refractivity contribution in [1.29, 1.82) is 0 Å². The van der Waals surface area contributed by atoms with Crippen molar-refractivity contribution in [1.82, 2.24) is 0 Å². The molecular formula is C29H42O2. The fraction of sp³-hybridized carbons (Fsp3) is 0.517. The second-order valence-electron chi connectivity index (χ2n) is 9.02. The Bertz CT molecular complexity index is 762. The Balaban J connectivity index is 1.96. The van der Waals surface area contributed by atoms with Crippen LogP contribution in [0.25, 0.3) is 12.2 Å².